The van der Waals surface area contributed by atoms with Gasteiger partial charge in [-0.1, -0.05) is 0 Å². The lowest BCUT2D eigenvalue weighted by Crippen LogP contribution is -2.30. The molecular weight excluding hydrogens is 345 g/mol. The molecule has 1 aliphatic rings. The van der Waals surface area contributed by atoms with Gasteiger partial charge >= 0.3 is 11.7 Å². The number of aromatic nitrogens is 2. The molecule has 0 spiro atoms. The summed E-state index contributed by atoms with van der Waals surface area (Å²) in [5, 5.41) is 8.70. The number of nitrogens with two attached hydrogens (primary N) is 1. The van der Waals surface area contributed by atoms with Crippen LogP contribution in [0.5, 0.6) is 0 Å². The molecule has 1 aromatic heterocycles. The van der Waals surface area contributed by atoms with Crippen LogP contribution in [0.2, 0.25) is 0 Å². The van der Waals surface area contributed by atoms with E-state index in [-0.39, 0.29) is 5.75 Å². The Morgan fingerprint density at radius 3 is 2.64 bits per heavy atom. The number of nitrogens with zero attached hydrogens (tertiary/aromatic N) is 2. The molecule has 0 aromatic carbocycles. The van der Waals surface area contributed by atoms with Crippen LogP contribution >= 0.6 is 11.8 Å². The summed E-state index contributed by atoms with van der Waals surface area (Å²) >= 11 is 1.01. The highest BCUT2D eigenvalue weighted by atomic mass is 32.2. The normalized spacial score (nSPS) is 21.0. The van der Waals surface area contributed by atoms with E-state index in [4.69, 9.17) is 20.1 Å². The smallest absolute Gasteiger partial charge is 0.351 e. The quantitative estimate of drug-likeness (QED) is 0.568. The molecule has 2 rings (SSSR count). The third-order valence-electron chi connectivity index (χ3n) is 2.12. The van der Waals surface area contributed by atoms with Crippen molar-refractivity contribution in [2.45, 2.75) is 11.7 Å². The second kappa shape index (κ2) is 7.04. The topological polar surface area (TPSA) is 162 Å². The van der Waals surface area contributed by atoms with E-state index >= 15 is 0 Å². The molecule has 1 fully saturated rings. The minimum absolute atomic E-state index is 0.224. The van der Waals surface area contributed by atoms with Crippen molar-refractivity contribution in [3.63, 3.8) is 0 Å². The van der Waals surface area contributed by atoms with Crippen molar-refractivity contribution in [2.75, 3.05) is 17.7 Å². The Bertz CT molecular complexity index is 712. The summed E-state index contributed by atoms with van der Waals surface area (Å²) < 4.78 is 45.0. The molecule has 2 atom stereocenters. The molecule has 1 aliphatic heterocycles. The molecule has 13 heteroatoms. The van der Waals surface area contributed by atoms with Crippen LogP contribution in [0.15, 0.2) is 11.0 Å². The molecule has 0 aliphatic carbocycles. The molecule has 10 nitrogen and oxygen atoms in total. The summed E-state index contributed by atoms with van der Waals surface area (Å²) in [5.74, 6) is -2.26. The number of hydrogen-bond donors (Lipinski definition) is 3. The summed E-state index contributed by atoms with van der Waals surface area (Å²) in [4.78, 5) is 25.3. The van der Waals surface area contributed by atoms with Crippen molar-refractivity contribution in [2.24, 2.45) is 0 Å². The van der Waals surface area contributed by atoms with Gasteiger partial charge in [-0.05, 0) is 0 Å². The number of rotatable bonds is 2. The van der Waals surface area contributed by atoms with Crippen LogP contribution in [0, 0.1) is 5.82 Å². The molecule has 1 saturated heterocycles. The van der Waals surface area contributed by atoms with Crippen LogP contribution in [0.25, 0.3) is 0 Å². The number of anilines is 1. The Hall–Kier alpha value is -1.70. The third kappa shape index (κ3) is 5.59. The van der Waals surface area contributed by atoms with Gasteiger partial charge in [0.25, 0.3) is 10.1 Å². The molecule has 0 radical (unpaired) electrons. The number of carboxylic acids is 1. The highest BCUT2D eigenvalue weighted by Crippen LogP contribution is 2.31. The van der Waals surface area contributed by atoms with E-state index in [0.29, 0.717) is 6.26 Å². The van der Waals surface area contributed by atoms with E-state index in [1.807, 2.05) is 0 Å². The Kier molecular flexibility index (Phi) is 5.87. The fourth-order valence-electron chi connectivity index (χ4n) is 1.33. The SMILES string of the molecule is CS(=O)(=O)O.Nc1nc(=O)n([C@@H]2CS[C@H](C(=O)O)O2)cc1F. The average Bonchev–Trinajstić information content (AvgIpc) is 2.81. The maximum atomic E-state index is 13.1. The van der Waals surface area contributed by atoms with E-state index in [0.717, 1.165) is 22.5 Å². The Labute approximate surface area is 127 Å². The molecule has 22 heavy (non-hydrogen) atoms. The summed E-state index contributed by atoms with van der Waals surface area (Å²) in [5.41, 5.74) is 3.28. The van der Waals surface area contributed by atoms with Crippen LogP contribution in [0.1, 0.15) is 6.23 Å². The first-order chi connectivity index (χ1) is 9.99. The van der Waals surface area contributed by atoms with Gasteiger partial charge in [0.15, 0.2) is 11.6 Å². The van der Waals surface area contributed by atoms with E-state index in [2.05, 4.69) is 4.98 Å². The number of carboxylic acid groups (broad SMARTS) is 1. The summed E-state index contributed by atoms with van der Waals surface area (Å²) in [6, 6.07) is 0. The lowest BCUT2D eigenvalue weighted by Gasteiger charge is -2.12. The first-order valence-electron chi connectivity index (χ1n) is 5.45. The van der Waals surface area contributed by atoms with E-state index < -0.39 is 45.1 Å². The van der Waals surface area contributed by atoms with Gasteiger partial charge in [0.2, 0.25) is 5.44 Å². The number of carbonyl (C=O) groups is 1. The number of ether oxygens (including phenoxy) is 1. The van der Waals surface area contributed by atoms with Crippen molar-refractivity contribution < 1.29 is 32.0 Å². The van der Waals surface area contributed by atoms with Gasteiger partial charge in [-0.2, -0.15) is 13.4 Å². The maximum Gasteiger partial charge on any atom is 0.351 e. The predicted molar refractivity (Wildman–Crippen MR) is 74.3 cm³/mol. The average molecular weight is 357 g/mol. The lowest BCUT2D eigenvalue weighted by atomic mass is 10.5. The van der Waals surface area contributed by atoms with Crippen LogP contribution < -0.4 is 11.4 Å². The predicted octanol–water partition coefficient (Wildman–Crippen LogP) is -0.859. The zero-order valence-electron chi connectivity index (χ0n) is 11.0. The summed E-state index contributed by atoms with van der Waals surface area (Å²) in [6.45, 7) is 0. The molecular formula is C9H12FN3O7S2. The molecule has 1 aromatic rings. The standard InChI is InChI=1S/C8H8FN3O4S.CH4O3S/c9-3-1-12(8(15)11-5(3)10)4-2-17-7(16-4)6(13)14;1-5(2,3)4/h1,4,7H,2H2,(H,13,14)(H2,10,11,15);1H3,(H,2,3,4)/t4-,7+;/m0./s1. The summed E-state index contributed by atoms with van der Waals surface area (Å²) in [7, 11) is -3.67. The number of halogens is 1. The van der Waals surface area contributed by atoms with Crippen LogP contribution in [-0.4, -0.2) is 51.0 Å². The largest absolute Gasteiger partial charge is 0.479 e. The highest BCUT2D eigenvalue weighted by molar-refractivity contribution is 8.00. The van der Waals surface area contributed by atoms with E-state index in [9.17, 15) is 22.4 Å². The lowest BCUT2D eigenvalue weighted by molar-refractivity contribution is -0.147. The second-order valence-electron chi connectivity index (χ2n) is 3.99. The van der Waals surface area contributed by atoms with Crippen molar-refractivity contribution >= 4 is 33.7 Å². The van der Waals surface area contributed by atoms with Crippen LogP contribution in [0.3, 0.4) is 0 Å². The number of aliphatic carboxylic acids is 1. The molecule has 4 N–H and O–H groups in total. The van der Waals surface area contributed by atoms with Gasteiger partial charge in [-0.15, -0.1) is 11.8 Å². The van der Waals surface area contributed by atoms with Crippen LogP contribution in [0.4, 0.5) is 10.2 Å². The van der Waals surface area contributed by atoms with Gasteiger partial charge < -0.3 is 15.6 Å². The van der Waals surface area contributed by atoms with E-state index in [1.54, 1.807) is 0 Å². The van der Waals surface area contributed by atoms with Gasteiger partial charge in [0, 0.05) is 5.75 Å². The number of hydrogen-bond acceptors (Lipinski definition) is 8. The van der Waals surface area contributed by atoms with Crippen molar-refractivity contribution in [3.05, 3.63) is 22.5 Å². The molecule has 2 heterocycles. The van der Waals surface area contributed by atoms with Gasteiger partial charge in [0.05, 0.1) is 12.5 Å². The Morgan fingerprint density at radius 1 is 1.64 bits per heavy atom. The van der Waals surface area contributed by atoms with Crippen molar-refractivity contribution in [1.82, 2.24) is 9.55 Å². The minimum Gasteiger partial charge on any atom is -0.479 e. The monoisotopic (exact) mass is 357 g/mol. The van der Waals surface area contributed by atoms with Gasteiger partial charge in [0.1, 0.15) is 6.23 Å². The van der Waals surface area contributed by atoms with Crippen LogP contribution in [-0.2, 0) is 19.6 Å². The van der Waals surface area contributed by atoms with Gasteiger partial charge in [-0.3, -0.25) is 9.12 Å². The number of nitrogen functional groups attached to an aromatic ring is 1. The molecule has 0 bridgehead atoms. The number of thioether (sulfide) groups is 1. The second-order valence-corrected chi connectivity index (χ2v) is 6.55. The molecule has 124 valence electrons. The summed E-state index contributed by atoms with van der Waals surface area (Å²) in [6.07, 6.45) is 0.726. The minimum atomic E-state index is -3.67. The molecule has 0 unspecified atom stereocenters. The fourth-order valence-corrected chi connectivity index (χ4v) is 2.26. The maximum absolute atomic E-state index is 13.1. The first-order valence-corrected chi connectivity index (χ1v) is 8.35. The van der Waals surface area contributed by atoms with E-state index in [1.165, 1.54) is 0 Å². The Morgan fingerprint density at radius 2 is 2.18 bits per heavy atom. The van der Waals surface area contributed by atoms with Crippen molar-refractivity contribution in [3.8, 4) is 0 Å². The fraction of sp³-hybridized carbons (Fsp3) is 0.444. The highest BCUT2D eigenvalue weighted by Gasteiger charge is 2.33. The van der Waals surface area contributed by atoms with Crippen molar-refractivity contribution in [1.29, 1.82) is 0 Å². The first kappa shape index (κ1) is 18.3. The molecule has 0 saturated carbocycles. The van der Waals surface area contributed by atoms with Gasteiger partial charge in [-0.25, -0.2) is 14.0 Å². The third-order valence-corrected chi connectivity index (χ3v) is 3.21. The Balaban J connectivity index is 0.000000422. The zero-order chi connectivity index (χ0) is 17.1. The molecule has 0 amide bonds. The zero-order valence-corrected chi connectivity index (χ0v) is 12.7.